The highest BCUT2D eigenvalue weighted by Crippen LogP contribution is 2.47. The van der Waals surface area contributed by atoms with Gasteiger partial charge < -0.3 is 25.4 Å². The second-order valence-corrected chi connectivity index (χ2v) is 12.9. The third-order valence-electron chi connectivity index (χ3n) is 8.97. The summed E-state index contributed by atoms with van der Waals surface area (Å²) >= 11 is 0.970. The monoisotopic (exact) mass is 629 g/mol. The minimum atomic E-state index is -0.639. The molecular formula is C31H29F2N9O2S. The molecule has 45 heavy (non-hydrogen) atoms. The lowest BCUT2D eigenvalue weighted by molar-refractivity contribution is 0.135. The lowest BCUT2D eigenvalue weighted by Crippen LogP contribution is -2.31. The fraction of sp³-hybridized carbons (Fsp3) is 0.387. The summed E-state index contributed by atoms with van der Waals surface area (Å²) in [6.45, 7) is 1.92. The van der Waals surface area contributed by atoms with Crippen LogP contribution in [0.1, 0.15) is 59.9 Å². The number of fused-ring (bicyclic) bond motifs is 4. The summed E-state index contributed by atoms with van der Waals surface area (Å²) in [4.78, 5) is 16.2. The minimum absolute atomic E-state index is 0.0343. The average Bonchev–Trinajstić information content (AvgIpc) is 3.35. The molecule has 0 spiro atoms. The number of H-pyrrole nitrogens is 1. The number of rotatable bonds is 8. The van der Waals surface area contributed by atoms with Crippen LogP contribution in [0.15, 0.2) is 12.1 Å². The number of aromatic nitrogens is 5. The molecule has 0 amide bonds. The predicted octanol–water partition coefficient (Wildman–Crippen LogP) is 5.35. The molecule has 2 aromatic carbocycles. The lowest BCUT2D eigenvalue weighted by Gasteiger charge is -2.20. The largest absolute Gasteiger partial charge is 0.462 e. The normalized spacial score (nSPS) is 18.1. The summed E-state index contributed by atoms with van der Waals surface area (Å²) < 4.78 is 44.1. The maximum absolute atomic E-state index is 17.0. The van der Waals surface area contributed by atoms with Crippen LogP contribution in [-0.2, 0) is 24.5 Å². The van der Waals surface area contributed by atoms with E-state index >= 15 is 4.39 Å². The quantitative estimate of drug-likeness (QED) is 0.205. The Balaban J connectivity index is 1.29. The Bertz CT molecular complexity index is 2030. The van der Waals surface area contributed by atoms with E-state index in [2.05, 4.69) is 36.5 Å². The highest BCUT2D eigenvalue weighted by molar-refractivity contribution is 7.23. The molecule has 8 rings (SSSR count). The highest BCUT2D eigenvalue weighted by atomic mass is 32.1. The molecule has 3 aromatic heterocycles. The Labute approximate surface area is 260 Å². The summed E-state index contributed by atoms with van der Waals surface area (Å²) in [6.07, 6.45) is 4.23. The van der Waals surface area contributed by atoms with Crippen LogP contribution in [0.3, 0.4) is 0 Å². The molecule has 11 nitrogen and oxygen atoms in total. The molecule has 2 fully saturated rings. The molecular weight excluding hydrogens is 600 g/mol. The van der Waals surface area contributed by atoms with E-state index in [-0.39, 0.29) is 63.5 Å². The van der Waals surface area contributed by atoms with Gasteiger partial charge in [-0.3, -0.25) is 5.10 Å². The molecule has 14 heteroatoms. The second kappa shape index (κ2) is 10.9. The third kappa shape index (κ3) is 4.73. The number of nitriles is 1. The van der Waals surface area contributed by atoms with Gasteiger partial charge in [-0.25, -0.2) is 13.8 Å². The summed E-state index contributed by atoms with van der Waals surface area (Å²) in [5, 5.41) is 21.5. The Morgan fingerprint density at radius 2 is 2.02 bits per heavy atom. The molecule has 0 bridgehead atoms. The number of likely N-dealkylation sites (N-methyl/N-ethyl adjacent to an activating group) is 1. The number of aromatic amines is 1. The van der Waals surface area contributed by atoms with Gasteiger partial charge in [-0.15, -0.1) is 11.3 Å². The van der Waals surface area contributed by atoms with Crippen molar-refractivity contribution in [2.45, 2.75) is 57.4 Å². The van der Waals surface area contributed by atoms with Crippen LogP contribution in [0.4, 0.5) is 19.6 Å². The standard InChI is InChI=1S/C31H29F2N9O2S/c1-42-8-2-3-15(42)11-44-31-38-26-24(30(39-31)36-10-21-37-29(41-40-21)14-4-5-14)19-13-43-12-18(19)22(25(26)33)16-6-7-20(32)27-23(16)17(9-34)28(35)45-27/h6-7,14-15H,2-5,8,10-13,35H2,1H3,(H,36,38,39)(H,37,40,41). The number of halogens is 2. The van der Waals surface area contributed by atoms with Crippen molar-refractivity contribution in [2.24, 2.45) is 0 Å². The van der Waals surface area contributed by atoms with Crippen molar-refractivity contribution in [1.82, 2.24) is 30.0 Å². The number of nitrogens with one attached hydrogen (secondary N) is 2. The van der Waals surface area contributed by atoms with Crippen molar-refractivity contribution in [3.63, 3.8) is 0 Å². The summed E-state index contributed by atoms with van der Waals surface area (Å²) in [5.41, 5.74) is 8.11. The number of nitrogens with zero attached hydrogens (tertiary/aromatic N) is 6. The van der Waals surface area contributed by atoms with E-state index < -0.39 is 11.6 Å². The van der Waals surface area contributed by atoms with Crippen LogP contribution in [0, 0.1) is 23.0 Å². The first kappa shape index (κ1) is 28.1. The third-order valence-corrected chi connectivity index (χ3v) is 9.99. The number of nitrogens with two attached hydrogens (primary N) is 1. The first-order valence-electron chi connectivity index (χ1n) is 14.9. The van der Waals surface area contributed by atoms with E-state index in [1.54, 1.807) is 0 Å². The van der Waals surface area contributed by atoms with Crippen molar-refractivity contribution >= 4 is 43.1 Å². The zero-order valence-electron chi connectivity index (χ0n) is 24.4. The maximum atomic E-state index is 17.0. The van der Waals surface area contributed by atoms with Gasteiger partial charge in [0.1, 0.15) is 40.7 Å². The SMILES string of the molecule is CN1CCCC1COc1nc(NCc2nc(C3CC3)n[nH]2)c2c3c(c(-c4ccc(F)c5sc(N)c(C#N)c45)c(F)c2n1)COC3. The minimum Gasteiger partial charge on any atom is -0.462 e. The summed E-state index contributed by atoms with van der Waals surface area (Å²) in [7, 11) is 2.05. The van der Waals surface area contributed by atoms with Gasteiger partial charge in [0, 0.05) is 22.9 Å². The molecule has 1 unspecified atom stereocenters. The van der Waals surface area contributed by atoms with Crippen molar-refractivity contribution in [1.29, 1.82) is 5.26 Å². The van der Waals surface area contributed by atoms with Crippen LogP contribution in [0.5, 0.6) is 6.01 Å². The van der Waals surface area contributed by atoms with Crippen molar-refractivity contribution < 1.29 is 18.3 Å². The predicted molar refractivity (Wildman–Crippen MR) is 165 cm³/mol. The second-order valence-electron chi connectivity index (χ2n) is 11.8. The van der Waals surface area contributed by atoms with E-state index in [0.29, 0.717) is 46.2 Å². The Morgan fingerprint density at radius 3 is 2.80 bits per heavy atom. The molecule has 3 aliphatic rings. The molecule has 1 saturated carbocycles. The molecule has 4 N–H and O–H groups in total. The van der Waals surface area contributed by atoms with Gasteiger partial charge in [-0.1, -0.05) is 6.07 Å². The molecule has 1 atom stereocenters. The van der Waals surface area contributed by atoms with Gasteiger partial charge >= 0.3 is 6.01 Å². The van der Waals surface area contributed by atoms with E-state index in [1.165, 1.54) is 12.1 Å². The zero-order chi connectivity index (χ0) is 30.8. The molecule has 1 aliphatic carbocycles. The Hall–Kier alpha value is -4.45. The molecule has 5 aromatic rings. The number of likely N-dealkylation sites (tertiary alicyclic amines) is 1. The van der Waals surface area contributed by atoms with Crippen LogP contribution < -0.4 is 15.8 Å². The smallest absolute Gasteiger partial charge is 0.319 e. The average molecular weight is 630 g/mol. The van der Waals surface area contributed by atoms with Gasteiger partial charge in [-0.05, 0) is 62.0 Å². The van der Waals surface area contributed by atoms with Crippen LogP contribution >= 0.6 is 11.3 Å². The molecule has 2 aliphatic heterocycles. The number of nitrogen functional groups attached to an aromatic ring is 1. The van der Waals surface area contributed by atoms with Gasteiger partial charge in [0.05, 0.1) is 35.4 Å². The zero-order valence-corrected chi connectivity index (χ0v) is 25.2. The Kier molecular flexibility index (Phi) is 6.77. The van der Waals surface area contributed by atoms with Gasteiger partial charge in [-0.2, -0.15) is 20.3 Å². The summed E-state index contributed by atoms with van der Waals surface area (Å²) in [5.74, 6) is 1.05. The van der Waals surface area contributed by atoms with Crippen molar-refractivity contribution in [2.75, 3.05) is 31.2 Å². The highest BCUT2D eigenvalue weighted by Gasteiger charge is 2.32. The van der Waals surface area contributed by atoms with E-state index in [4.69, 9.17) is 20.2 Å². The fourth-order valence-electron chi connectivity index (χ4n) is 6.43. The number of anilines is 2. The van der Waals surface area contributed by atoms with Crippen LogP contribution in [-0.4, -0.2) is 56.3 Å². The first-order valence-corrected chi connectivity index (χ1v) is 15.7. The number of hydrogen-bond acceptors (Lipinski definition) is 11. The van der Waals surface area contributed by atoms with Gasteiger partial charge in [0.25, 0.3) is 0 Å². The number of benzene rings is 2. The van der Waals surface area contributed by atoms with Crippen LogP contribution in [0.25, 0.3) is 32.1 Å². The Morgan fingerprint density at radius 1 is 1.18 bits per heavy atom. The number of ether oxygens (including phenoxy) is 2. The lowest BCUT2D eigenvalue weighted by atomic mass is 9.90. The van der Waals surface area contributed by atoms with Crippen LogP contribution in [0.2, 0.25) is 0 Å². The van der Waals surface area contributed by atoms with Crippen molar-refractivity contribution in [3.05, 3.63) is 52.1 Å². The fourth-order valence-corrected chi connectivity index (χ4v) is 7.38. The van der Waals surface area contributed by atoms with E-state index in [1.807, 2.05) is 7.05 Å². The molecule has 0 radical (unpaired) electrons. The molecule has 230 valence electrons. The maximum Gasteiger partial charge on any atom is 0.319 e. The molecule has 1 saturated heterocycles. The van der Waals surface area contributed by atoms with Gasteiger partial charge in [0.15, 0.2) is 11.6 Å². The topological polar surface area (TPSA) is 151 Å². The van der Waals surface area contributed by atoms with Crippen molar-refractivity contribution in [3.8, 4) is 23.2 Å². The van der Waals surface area contributed by atoms with E-state index in [0.717, 1.165) is 49.4 Å². The van der Waals surface area contributed by atoms with Gasteiger partial charge in [0.2, 0.25) is 0 Å². The number of thiophene rings is 1. The van der Waals surface area contributed by atoms with E-state index in [9.17, 15) is 9.65 Å². The molecule has 5 heterocycles. The number of hydrogen-bond donors (Lipinski definition) is 3. The first-order chi connectivity index (χ1) is 21.9. The summed E-state index contributed by atoms with van der Waals surface area (Å²) in [6, 6.07) is 5.08.